The van der Waals surface area contributed by atoms with Crippen molar-refractivity contribution in [2.45, 2.75) is 19.8 Å². The monoisotopic (exact) mass is 243 g/mol. The SMILES string of the molecule is CC(C)c1ccccc1-c1ncncc1[N+](=O)[O-]. The van der Waals surface area contributed by atoms with E-state index in [1.807, 2.05) is 38.1 Å². The van der Waals surface area contributed by atoms with Gasteiger partial charge >= 0.3 is 5.69 Å². The van der Waals surface area contributed by atoms with E-state index in [2.05, 4.69) is 9.97 Å². The van der Waals surface area contributed by atoms with Crippen molar-refractivity contribution in [1.29, 1.82) is 0 Å². The van der Waals surface area contributed by atoms with E-state index in [0.29, 0.717) is 5.69 Å². The summed E-state index contributed by atoms with van der Waals surface area (Å²) in [6, 6.07) is 7.59. The molecular weight excluding hydrogens is 230 g/mol. The van der Waals surface area contributed by atoms with E-state index < -0.39 is 4.92 Å². The summed E-state index contributed by atoms with van der Waals surface area (Å²) >= 11 is 0. The number of aromatic nitrogens is 2. The predicted octanol–water partition coefficient (Wildman–Crippen LogP) is 3.18. The second kappa shape index (κ2) is 4.91. The summed E-state index contributed by atoms with van der Waals surface area (Å²) in [7, 11) is 0. The van der Waals surface area contributed by atoms with Gasteiger partial charge in [0.1, 0.15) is 12.5 Å². The molecule has 1 heterocycles. The Morgan fingerprint density at radius 2 is 2.00 bits per heavy atom. The van der Waals surface area contributed by atoms with Crippen LogP contribution in [-0.4, -0.2) is 14.9 Å². The fourth-order valence-corrected chi connectivity index (χ4v) is 1.88. The smallest absolute Gasteiger partial charge is 0.258 e. The van der Waals surface area contributed by atoms with Crippen molar-refractivity contribution in [2.24, 2.45) is 0 Å². The Morgan fingerprint density at radius 3 is 2.67 bits per heavy atom. The highest BCUT2D eigenvalue weighted by Crippen LogP contribution is 2.32. The van der Waals surface area contributed by atoms with Crippen LogP contribution in [-0.2, 0) is 0 Å². The molecule has 0 aliphatic rings. The predicted molar refractivity (Wildman–Crippen MR) is 68.2 cm³/mol. The summed E-state index contributed by atoms with van der Waals surface area (Å²) < 4.78 is 0. The Bertz CT molecular complexity index is 582. The molecule has 0 radical (unpaired) electrons. The average Bonchev–Trinajstić information content (AvgIpc) is 2.38. The van der Waals surface area contributed by atoms with Crippen LogP contribution < -0.4 is 0 Å². The minimum absolute atomic E-state index is 0.0643. The number of nitrogens with zero attached hydrogens (tertiary/aromatic N) is 3. The van der Waals surface area contributed by atoms with Crippen LogP contribution in [0.1, 0.15) is 25.3 Å². The molecule has 0 atom stereocenters. The van der Waals surface area contributed by atoms with Gasteiger partial charge in [0.15, 0.2) is 5.69 Å². The van der Waals surface area contributed by atoms with Gasteiger partial charge in [-0.15, -0.1) is 0 Å². The molecule has 2 rings (SSSR count). The van der Waals surface area contributed by atoms with E-state index in [9.17, 15) is 10.1 Å². The third-order valence-electron chi connectivity index (χ3n) is 2.73. The van der Waals surface area contributed by atoms with Crippen LogP contribution in [0.3, 0.4) is 0 Å². The molecular formula is C13H13N3O2. The van der Waals surface area contributed by atoms with Crippen LogP contribution in [0, 0.1) is 10.1 Å². The Balaban J connectivity index is 2.66. The van der Waals surface area contributed by atoms with E-state index >= 15 is 0 Å². The summed E-state index contributed by atoms with van der Waals surface area (Å²) in [5, 5.41) is 11.0. The molecule has 0 amide bonds. The van der Waals surface area contributed by atoms with Crippen LogP contribution in [0.4, 0.5) is 5.69 Å². The highest BCUT2D eigenvalue weighted by molar-refractivity contribution is 5.72. The molecule has 92 valence electrons. The first-order chi connectivity index (χ1) is 8.61. The molecule has 2 aromatic rings. The average molecular weight is 243 g/mol. The number of benzene rings is 1. The number of nitro groups is 1. The summed E-state index contributed by atoms with van der Waals surface area (Å²) in [5.41, 5.74) is 2.14. The Morgan fingerprint density at radius 1 is 1.28 bits per heavy atom. The summed E-state index contributed by atoms with van der Waals surface area (Å²) in [6.45, 7) is 4.09. The molecule has 5 heteroatoms. The van der Waals surface area contributed by atoms with Gasteiger partial charge in [-0.1, -0.05) is 38.1 Å². The molecule has 1 aromatic carbocycles. The second-order valence-electron chi connectivity index (χ2n) is 4.26. The maximum atomic E-state index is 11.0. The minimum atomic E-state index is -0.452. The van der Waals surface area contributed by atoms with Gasteiger partial charge in [0.05, 0.1) is 4.92 Å². The van der Waals surface area contributed by atoms with Gasteiger partial charge < -0.3 is 0 Å². The van der Waals surface area contributed by atoms with Gasteiger partial charge in [0, 0.05) is 5.56 Å². The molecule has 0 aliphatic heterocycles. The topological polar surface area (TPSA) is 68.9 Å². The van der Waals surface area contributed by atoms with Crippen molar-refractivity contribution < 1.29 is 4.92 Å². The largest absolute Gasteiger partial charge is 0.313 e. The van der Waals surface area contributed by atoms with Crippen LogP contribution in [0.2, 0.25) is 0 Å². The van der Waals surface area contributed by atoms with Gasteiger partial charge in [0.25, 0.3) is 0 Å². The zero-order valence-corrected chi connectivity index (χ0v) is 10.2. The maximum Gasteiger partial charge on any atom is 0.313 e. The molecule has 0 spiro atoms. The van der Waals surface area contributed by atoms with Crippen LogP contribution in [0.25, 0.3) is 11.3 Å². The molecule has 5 nitrogen and oxygen atoms in total. The fourth-order valence-electron chi connectivity index (χ4n) is 1.88. The lowest BCUT2D eigenvalue weighted by Crippen LogP contribution is -1.99. The van der Waals surface area contributed by atoms with Gasteiger partial charge in [0.2, 0.25) is 0 Å². The molecule has 18 heavy (non-hydrogen) atoms. The zero-order valence-electron chi connectivity index (χ0n) is 10.2. The lowest BCUT2D eigenvalue weighted by atomic mass is 9.95. The lowest BCUT2D eigenvalue weighted by Gasteiger charge is -2.11. The number of rotatable bonds is 3. The van der Waals surface area contributed by atoms with Gasteiger partial charge in [-0.05, 0) is 11.5 Å². The molecule has 0 saturated heterocycles. The molecule has 0 unspecified atom stereocenters. The van der Waals surface area contributed by atoms with E-state index in [-0.39, 0.29) is 11.6 Å². The van der Waals surface area contributed by atoms with E-state index in [1.54, 1.807) is 0 Å². The van der Waals surface area contributed by atoms with Crippen molar-refractivity contribution in [3.05, 3.63) is 52.5 Å². The van der Waals surface area contributed by atoms with E-state index in [0.717, 1.165) is 11.1 Å². The zero-order chi connectivity index (χ0) is 13.1. The van der Waals surface area contributed by atoms with Gasteiger partial charge in [-0.3, -0.25) is 10.1 Å². The highest BCUT2D eigenvalue weighted by atomic mass is 16.6. The number of hydrogen-bond donors (Lipinski definition) is 0. The minimum Gasteiger partial charge on any atom is -0.258 e. The third kappa shape index (κ3) is 2.20. The first-order valence-corrected chi connectivity index (χ1v) is 5.65. The lowest BCUT2D eigenvalue weighted by molar-refractivity contribution is -0.384. The van der Waals surface area contributed by atoms with Crippen molar-refractivity contribution in [3.8, 4) is 11.3 Å². The molecule has 0 bridgehead atoms. The first-order valence-electron chi connectivity index (χ1n) is 5.65. The van der Waals surface area contributed by atoms with Gasteiger partial charge in [-0.25, -0.2) is 9.97 Å². The summed E-state index contributed by atoms with van der Waals surface area (Å²) in [6.07, 6.45) is 2.57. The Labute approximate surface area is 105 Å². The van der Waals surface area contributed by atoms with Crippen LogP contribution in [0.5, 0.6) is 0 Å². The van der Waals surface area contributed by atoms with Crippen LogP contribution in [0.15, 0.2) is 36.8 Å². The molecule has 0 fully saturated rings. The van der Waals surface area contributed by atoms with Crippen molar-refractivity contribution in [3.63, 3.8) is 0 Å². The van der Waals surface area contributed by atoms with Crippen molar-refractivity contribution in [1.82, 2.24) is 9.97 Å². The molecule has 0 saturated carbocycles. The van der Waals surface area contributed by atoms with Crippen molar-refractivity contribution in [2.75, 3.05) is 0 Å². The summed E-state index contributed by atoms with van der Waals surface area (Å²) in [4.78, 5) is 18.3. The Kier molecular flexibility index (Phi) is 3.32. The van der Waals surface area contributed by atoms with E-state index in [4.69, 9.17) is 0 Å². The third-order valence-corrected chi connectivity index (χ3v) is 2.73. The maximum absolute atomic E-state index is 11.0. The standard InChI is InChI=1S/C13H13N3O2/c1-9(2)10-5-3-4-6-11(10)13-12(16(17)18)7-14-8-15-13/h3-9H,1-2H3. The fraction of sp³-hybridized carbons (Fsp3) is 0.231. The highest BCUT2D eigenvalue weighted by Gasteiger charge is 2.19. The quantitative estimate of drug-likeness (QED) is 0.613. The molecule has 0 aliphatic carbocycles. The first kappa shape index (κ1) is 12.2. The number of hydrogen-bond acceptors (Lipinski definition) is 4. The van der Waals surface area contributed by atoms with Crippen molar-refractivity contribution >= 4 is 5.69 Å². The van der Waals surface area contributed by atoms with E-state index in [1.165, 1.54) is 12.5 Å². The second-order valence-corrected chi connectivity index (χ2v) is 4.26. The molecule has 1 aromatic heterocycles. The van der Waals surface area contributed by atoms with Crippen LogP contribution >= 0.6 is 0 Å². The molecule has 0 N–H and O–H groups in total. The van der Waals surface area contributed by atoms with Gasteiger partial charge in [-0.2, -0.15) is 0 Å². The Hall–Kier alpha value is -2.30. The summed E-state index contributed by atoms with van der Waals surface area (Å²) in [5.74, 6) is 0.274. The normalized spacial score (nSPS) is 10.6.